The predicted octanol–water partition coefficient (Wildman–Crippen LogP) is 14.2. The Morgan fingerprint density at radius 2 is 0.814 bits per heavy atom. The Balaban J connectivity index is 1.06. The van der Waals surface area contributed by atoms with E-state index in [0.29, 0.717) is 5.82 Å². The van der Waals surface area contributed by atoms with E-state index in [9.17, 15) is 0 Å². The van der Waals surface area contributed by atoms with Crippen molar-refractivity contribution in [3.63, 3.8) is 0 Å². The Kier molecular flexibility index (Phi) is 7.50. The van der Waals surface area contributed by atoms with Gasteiger partial charge in [-0.15, -0.1) is 0 Å². The fourth-order valence-corrected chi connectivity index (χ4v) is 8.97. The molecule has 0 N–H and O–H groups in total. The third-order valence-electron chi connectivity index (χ3n) is 11.8. The van der Waals surface area contributed by atoms with Gasteiger partial charge in [0.1, 0.15) is 5.65 Å². The molecule has 4 heteroatoms. The van der Waals surface area contributed by atoms with Crippen LogP contribution in [0.2, 0.25) is 0 Å². The molecule has 0 bridgehead atoms. The van der Waals surface area contributed by atoms with Gasteiger partial charge >= 0.3 is 0 Å². The Hall–Kier alpha value is -7.95. The summed E-state index contributed by atoms with van der Waals surface area (Å²) in [6, 6.07) is 71.2. The standard InChI is InChI=1S/C55H34N4/c1-2-14-38-31-41(29-24-35(38)13-1)54-53(58-52-23-11-12-30-59(52)54)36-25-27-37(28-26-36)55-56-50(48-32-39-15-3-5-17-42(39)44-19-7-9-21-46(44)48)34-51(57-55)49-33-40-16-4-6-18-43(40)45-20-8-10-22-47(45)49/h1-34H. The Labute approximate surface area is 340 Å². The van der Waals surface area contributed by atoms with Crippen LogP contribution in [0.1, 0.15) is 0 Å². The summed E-state index contributed by atoms with van der Waals surface area (Å²) in [5, 5.41) is 12.0. The molecular formula is C55H34N4. The van der Waals surface area contributed by atoms with Crippen LogP contribution in [0.15, 0.2) is 206 Å². The summed E-state index contributed by atoms with van der Waals surface area (Å²) < 4.78 is 2.19. The Morgan fingerprint density at radius 1 is 0.322 bits per heavy atom. The first-order chi connectivity index (χ1) is 29.2. The van der Waals surface area contributed by atoms with Gasteiger partial charge in [-0.1, -0.05) is 164 Å². The molecule has 0 amide bonds. The van der Waals surface area contributed by atoms with Crippen molar-refractivity contribution in [2.24, 2.45) is 0 Å². The molecule has 0 radical (unpaired) electrons. The smallest absolute Gasteiger partial charge is 0.160 e. The zero-order valence-electron chi connectivity index (χ0n) is 31.9. The minimum Gasteiger partial charge on any atom is -0.299 e. The second kappa shape index (κ2) is 13.3. The molecule has 274 valence electrons. The van der Waals surface area contributed by atoms with Crippen LogP contribution in [0.4, 0.5) is 0 Å². The number of aromatic nitrogens is 4. The Bertz CT molecular complexity index is 3480. The molecule has 0 aliphatic heterocycles. The number of rotatable bonds is 5. The molecule has 0 unspecified atom stereocenters. The number of nitrogens with zero attached hydrogens (tertiary/aromatic N) is 4. The van der Waals surface area contributed by atoms with Crippen molar-refractivity contribution in [1.82, 2.24) is 19.4 Å². The maximum atomic E-state index is 5.40. The predicted molar refractivity (Wildman–Crippen MR) is 245 cm³/mol. The van der Waals surface area contributed by atoms with Gasteiger partial charge in [-0.2, -0.15) is 0 Å². The highest BCUT2D eigenvalue weighted by Gasteiger charge is 2.19. The number of hydrogen-bond donors (Lipinski definition) is 0. The molecule has 0 spiro atoms. The van der Waals surface area contributed by atoms with E-state index >= 15 is 0 Å². The van der Waals surface area contributed by atoms with Crippen LogP contribution in [-0.4, -0.2) is 19.4 Å². The summed E-state index contributed by atoms with van der Waals surface area (Å²) in [4.78, 5) is 16.0. The fourth-order valence-electron chi connectivity index (χ4n) is 8.97. The second-order valence-corrected chi connectivity index (χ2v) is 15.2. The minimum absolute atomic E-state index is 0.670. The van der Waals surface area contributed by atoms with Crippen molar-refractivity contribution >= 4 is 59.5 Å². The monoisotopic (exact) mass is 750 g/mol. The van der Waals surface area contributed by atoms with Gasteiger partial charge in [-0.25, -0.2) is 15.0 Å². The minimum atomic E-state index is 0.670. The topological polar surface area (TPSA) is 43.1 Å². The van der Waals surface area contributed by atoms with Crippen LogP contribution in [-0.2, 0) is 0 Å². The summed E-state index contributed by atoms with van der Waals surface area (Å²) in [7, 11) is 0. The van der Waals surface area contributed by atoms with E-state index in [1.165, 1.54) is 43.1 Å². The van der Waals surface area contributed by atoms with Gasteiger partial charge < -0.3 is 0 Å². The molecule has 3 aromatic heterocycles. The van der Waals surface area contributed by atoms with Crippen molar-refractivity contribution in [1.29, 1.82) is 0 Å². The average Bonchev–Trinajstić information content (AvgIpc) is 3.70. The summed E-state index contributed by atoms with van der Waals surface area (Å²) in [5.74, 6) is 0.670. The highest BCUT2D eigenvalue weighted by atomic mass is 15.0. The molecule has 0 saturated carbocycles. The van der Waals surface area contributed by atoms with Crippen LogP contribution in [0.3, 0.4) is 0 Å². The zero-order valence-corrected chi connectivity index (χ0v) is 31.9. The van der Waals surface area contributed by atoms with E-state index in [2.05, 4.69) is 205 Å². The highest BCUT2D eigenvalue weighted by Crippen LogP contribution is 2.40. The van der Waals surface area contributed by atoms with Crippen LogP contribution in [0, 0.1) is 0 Å². The molecule has 3 heterocycles. The lowest BCUT2D eigenvalue weighted by molar-refractivity contribution is 1.19. The van der Waals surface area contributed by atoms with E-state index in [1.807, 2.05) is 6.07 Å². The molecule has 0 aliphatic carbocycles. The number of imidazole rings is 1. The number of pyridine rings is 1. The van der Waals surface area contributed by atoms with Crippen molar-refractivity contribution in [3.05, 3.63) is 206 Å². The van der Waals surface area contributed by atoms with E-state index in [-0.39, 0.29) is 0 Å². The molecular weight excluding hydrogens is 717 g/mol. The summed E-state index contributed by atoms with van der Waals surface area (Å²) in [5.41, 5.74) is 9.89. The van der Waals surface area contributed by atoms with Crippen molar-refractivity contribution < 1.29 is 0 Å². The molecule has 0 aliphatic rings. The number of hydrogen-bond acceptors (Lipinski definition) is 3. The van der Waals surface area contributed by atoms with E-state index in [1.54, 1.807) is 0 Å². The number of benzene rings is 9. The van der Waals surface area contributed by atoms with Gasteiger partial charge in [0.2, 0.25) is 0 Å². The normalized spacial score (nSPS) is 11.7. The molecule has 12 aromatic rings. The largest absolute Gasteiger partial charge is 0.299 e. The molecule has 9 aromatic carbocycles. The quantitative estimate of drug-likeness (QED) is 0.165. The van der Waals surface area contributed by atoms with Gasteiger partial charge in [0.25, 0.3) is 0 Å². The Morgan fingerprint density at radius 3 is 1.44 bits per heavy atom. The first kappa shape index (κ1) is 33.2. The molecule has 0 saturated heterocycles. The first-order valence-corrected chi connectivity index (χ1v) is 20.0. The molecule has 12 rings (SSSR count). The third kappa shape index (κ3) is 5.49. The fraction of sp³-hybridized carbons (Fsp3) is 0. The van der Waals surface area contributed by atoms with Gasteiger partial charge in [0, 0.05) is 34.0 Å². The molecule has 0 atom stereocenters. The maximum absolute atomic E-state index is 5.40. The molecule has 4 nitrogen and oxygen atoms in total. The van der Waals surface area contributed by atoms with Crippen LogP contribution < -0.4 is 0 Å². The molecule has 0 fully saturated rings. The maximum Gasteiger partial charge on any atom is 0.160 e. The van der Waals surface area contributed by atoms with Gasteiger partial charge in [0.05, 0.1) is 22.8 Å². The summed E-state index contributed by atoms with van der Waals surface area (Å²) >= 11 is 0. The van der Waals surface area contributed by atoms with Gasteiger partial charge in [-0.3, -0.25) is 4.40 Å². The lowest BCUT2D eigenvalue weighted by Gasteiger charge is -2.15. The average molecular weight is 751 g/mol. The van der Waals surface area contributed by atoms with E-state index in [0.717, 1.165) is 67.0 Å². The van der Waals surface area contributed by atoms with Crippen LogP contribution in [0.5, 0.6) is 0 Å². The summed E-state index contributed by atoms with van der Waals surface area (Å²) in [6.07, 6.45) is 2.10. The molecule has 59 heavy (non-hydrogen) atoms. The highest BCUT2D eigenvalue weighted by molar-refractivity contribution is 6.15. The summed E-state index contributed by atoms with van der Waals surface area (Å²) in [6.45, 7) is 0. The lowest BCUT2D eigenvalue weighted by atomic mass is 9.93. The number of fused-ring (bicyclic) bond motifs is 8. The second-order valence-electron chi connectivity index (χ2n) is 15.2. The van der Waals surface area contributed by atoms with Crippen LogP contribution in [0.25, 0.3) is 116 Å². The van der Waals surface area contributed by atoms with Gasteiger partial charge in [-0.05, 0) is 90.3 Å². The zero-order chi connectivity index (χ0) is 38.9. The van der Waals surface area contributed by atoms with Crippen molar-refractivity contribution in [3.8, 4) is 56.4 Å². The van der Waals surface area contributed by atoms with Gasteiger partial charge in [0.15, 0.2) is 5.82 Å². The van der Waals surface area contributed by atoms with Crippen molar-refractivity contribution in [2.45, 2.75) is 0 Å². The van der Waals surface area contributed by atoms with Crippen LogP contribution >= 0.6 is 0 Å². The SMILES string of the molecule is c1ccc2cc(-c3c(-c4ccc(-c5nc(-c6cc7ccccc7c7ccccc67)cc(-c6cc7ccccc7c7ccccc67)n5)cc4)nc4ccccn34)ccc2c1. The third-order valence-corrected chi connectivity index (χ3v) is 11.8. The lowest BCUT2D eigenvalue weighted by Crippen LogP contribution is -1.97. The van der Waals surface area contributed by atoms with Crippen molar-refractivity contribution in [2.75, 3.05) is 0 Å². The van der Waals surface area contributed by atoms with E-state index < -0.39 is 0 Å². The first-order valence-electron chi connectivity index (χ1n) is 20.0. The van der Waals surface area contributed by atoms with E-state index in [4.69, 9.17) is 15.0 Å².